The molecule has 0 aromatic heterocycles. The summed E-state index contributed by atoms with van der Waals surface area (Å²) in [5, 5.41) is 3.24. The minimum Gasteiger partial charge on any atom is -0.497 e. The van der Waals surface area contributed by atoms with E-state index >= 15 is 0 Å². The number of carbonyl (C=O) groups is 1. The molecule has 1 aliphatic heterocycles. The van der Waals surface area contributed by atoms with Crippen LogP contribution < -0.4 is 10.1 Å². The van der Waals surface area contributed by atoms with Crippen LogP contribution in [0.15, 0.2) is 24.3 Å². The molecule has 2 rings (SSSR count). The van der Waals surface area contributed by atoms with Gasteiger partial charge in [0.15, 0.2) is 0 Å². The molecule has 16 heavy (non-hydrogen) atoms. The second-order valence-electron chi connectivity index (χ2n) is 4.01. The topological polar surface area (TPSA) is 41.6 Å². The van der Waals surface area contributed by atoms with Gasteiger partial charge in [-0.2, -0.15) is 0 Å². The van der Waals surface area contributed by atoms with Gasteiger partial charge in [-0.1, -0.05) is 12.1 Å². The molecule has 1 aliphatic rings. The van der Waals surface area contributed by atoms with Crippen LogP contribution in [0.2, 0.25) is 0 Å². The summed E-state index contributed by atoms with van der Waals surface area (Å²) in [6.07, 6.45) is -0.0339. The third-order valence-electron chi connectivity index (χ3n) is 2.94. The third-order valence-corrected chi connectivity index (χ3v) is 2.94. The van der Waals surface area contributed by atoms with E-state index in [-0.39, 0.29) is 18.1 Å². The number of ether oxygens (including phenoxy) is 1. The molecule has 1 heterocycles. The highest BCUT2D eigenvalue weighted by Crippen LogP contribution is 2.24. The Morgan fingerprint density at radius 1 is 1.31 bits per heavy atom. The smallest absolute Gasteiger partial charge is 0.240 e. The van der Waals surface area contributed by atoms with E-state index in [0.29, 0.717) is 0 Å². The number of rotatable bonds is 2. The first-order valence-electron chi connectivity index (χ1n) is 5.30. The molecule has 0 spiro atoms. The van der Waals surface area contributed by atoms with Gasteiger partial charge in [0.05, 0.1) is 13.2 Å². The van der Waals surface area contributed by atoms with Crippen molar-refractivity contribution >= 4 is 5.91 Å². The standard InChI is InChI=1S/C12H16N2O2/c1-8-12(15)14(2)11(13-8)9-4-6-10(16-3)7-5-9/h4-8,11,13H,1-3H3. The first kappa shape index (κ1) is 11.0. The summed E-state index contributed by atoms with van der Waals surface area (Å²) in [6.45, 7) is 1.88. The molecule has 0 bridgehead atoms. The number of likely N-dealkylation sites (N-methyl/N-ethyl adjacent to an activating group) is 1. The third kappa shape index (κ3) is 1.76. The summed E-state index contributed by atoms with van der Waals surface area (Å²) in [6, 6.07) is 7.63. The number of benzene rings is 1. The highest BCUT2D eigenvalue weighted by molar-refractivity contribution is 5.83. The van der Waals surface area contributed by atoms with Crippen LogP contribution in [0, 0.1) is 0 Å². The summed E-state index contributed by atoms with van der Waals surface area (Å²) in [7, 11) is 3.45. The van der Waals surface area contributed by atoms with E-state index in [9.17, 15) is 4.79 Å². The molecule has 1 aromatic rings. The lowest BCUT2D eigenvalue weighted by Crippen LogP contribution is -2.25. The maximum absolute atomic E-state index is 11.7. The molecule has 1 aromatic carbocycles. The van der Waals surface area contributed by atoms with E-state index < -0.39 is 0 Å². The molecule has 1 amide bonds. The molecule has 0 radical (unpaired) electrons. The second-order valence-corrected chi connectivity index (χ2v) is 4.01. The Morgan fingerprint density at radius 2 is 1.94 bits per heavy atom. The van der Waals surface area contributed by atoms with Crippen molar-refractivity contribution < 1.29 is 9.53 Å². The van der Waals surface area contributed by atoms with Crippen LogP contribution in [-0.2, 0) is 4.79 Å². The van der Waals surface area contributed by atoms with Gasteiger partial charge in [0.1, 0.15) is 11.9 Å². The molecular formula is C12H16N2O2. The zero-order valence-electron chi connectivity index (χ0n) is 9.73. The minimum atomic E-state index is -0.114. The molecule has 1 N–H and O–H groups in total. The fourth-order valence-electron chi connectivity index (χ4n) is 1.96. The molecular weight excluding hydrogens is 204 g/mol. The van der Waals surface area contributed by atoms with E-state index in [1.807, 2.05) is 38.2 Å². The van der Waals surface area contributed by atoms with E-state index in [1.165, 1.54) is 0 Å². The van der Waals surface area contributed by atoms with Crippen molar-refractivity contribution in [2.45, 2.75) is 19.1 Å². The number of nitrogens with one attached hydrogen (secondary N) is 1. The molecule has 2 unspecified atom stereocenters. The van der Waals surface area contributed by atoms with Crippen LogP contribution in [0.3, 0.4) is 0 Å². The Hall–Kier alpha value is -1.55. The van der Waals surface area contributed by atoms with Gasteiger partial charge in [-0.15, -0.1) is 0 Å². The maximum Gasteiger partial charge on any atom is 0.240 e. The quantitative estimate of drug-likeness (QED) is 0.812. The number of hydrogen-bond acceptors (Lipinski definition) is 3. The maximum atomic E-state index is 11.7. The van der Waals surface area contributed by atoms with Gasteiger partial charge in [0.2, 0.25) is 5.91 Å². The molecule has 4 nitrogen and oxygen atoms in total. The summed E-state index contributed by atoms with van der Waals surface area (Å²) in [5.74, 6) is 0.949. The van der Waals surface area contributed by atoms with Crippen LogP contribution in [0.4, 0.5) is 0 Å². The van der Waals surface area contributed by atoms with Crippen molar-refractivity contribution in [3.8, 4) is 5.75 Å². The summed E-state index contributed by atoms with van der Waals surface area (Å²) >= 11 is 0. The average Bonchev–Trinajstić information content (AvgIpc) is 2.57. The van der Waals surface area contributed by atoms with E-state index in [4.69, 9.17) is 4.74 Å². The SMILES string of the molecule is COc1ccc(C2NC(C)C(=O)N2C)cc1. The van der Waals surface area contributed by atoms with Crippen LogP contribution in [-0.4, -0.2) is 31.0 Å². The Labute approximate surface area is 95.2 Å². The van der Waals surface area contributed by atoms with Crippen molar-refractivity contribution in [2.24, 2.45) is 0 Å². The zero-order valence-corrected chi connectivity index (χ0v) is 9.73. The lowest BCUT2D eigenvalue weighted by Gasteiger charge is -2.19. The zero-order chi connectivity index (χ0) is 11.7. The number of nitrogens with zero attached hydrogens (tertiary/aromatic N) is 1. The van der Waals surface area contributed by atoms with E-state index in [1.54, 1.807) is 12.0 Å². The van der Waals surface area contributed by atoms with Crippen molar-refractivity contribution in [3.63, 3.8) is 0 Å². The van der Waals surface area contributed by atoms with Crippen molar-refractivity contribution in [2.75, 3.05) is 14.2 Å². The summed E-state index contributed by atoms with van der Waals surface area (Å²) in [4.78, 5) is 13.4. The lowest BCUT2D eigenvalue weighted by molar-refractivity contribution is -0.128. The molecule has 2 atom stereocenters. The largest absolute Gasteiger partial charge is 0.497 e. The molecule has 0 aliphatic carbocycles. The Morgan fingerprint density at radius 3 is 2.38 bits per heavy atom. The van der Waals surface area contributed by atoms with Gasteiger partial charge in [-0.05, 0) is 24.6 Å². The van der Waals surface area contributed by atoms with Crippen molar-refractivity contribution in [3.05, 3.63) is 29.8 Å². The molecule has 86 valence electrons. The van der Waals surface area contributed by atoms with Gasteiger partial charge < -0.3 is 9.64 Å². The van der Waals surface area contributed by atoms with E-state index in [0.717, 1.165) is 11.3 Å². The fourth-order valence-corrected chi connectivity index (χ4v) is 1.96. The number of carbonyl (C=O) groups excluding carboxylic acids is 1. The molecule has 0 saturated carbocycles. The molecule has 4 heteroatoms. The normalized spacial score (nSPS) is 24.9. The Bertz CT molecular complexity index is 389. The second kappa shape index (κ2) is 4.14. The number of methoxy groups -OCH3 is 1. The van der Waals surface area contributed by atoms with Crippen LogP contribution in [0.1, 0.15) is 18.7 Å². The van der Waals surface area contributed by atoms with Gasteiger partial charge in [-0.3, -0.25) is 10.1 Å². The summed E-state index contributed by atoms with van der Waals surface area (Å²) < 4.78 is 5.10. The average molecular weight is 220 g/mol. The lowest BCUT2D eigenvalue weighted by atomic mass is 10.1. The van der Waals surface area contributed by atoms with E-state index in [2.05, 4.69) is 5.32 Å². The number of amides is 1. The van der Waals surface area contributed by atoms with Crippen LogP contribution in [0.25, 0.3) is 0 Å². The predicted molar refractivity (Wildman–Crippen MR) is 61.1 cm³/mol. The Balaban J connectivity index is 2.21. The predicted octanol–water partition coefficient (Wildman–Crippen LogP) is 1.14. The Kier molecular flexibility index (Phi) is 2.83. The molecule has 1 saturated heterocycles. The molecule has 1 fully saturated rings. The number of hydrogen-bond donors (Lipinski definition) is 1. The monoisotopic (exact) mass is 220 g/mol. The van der Waals surface area contributed by atoms with Crippen molar-refractivity contribution in [1.29, 1.82) is 0 Å². The van der Waals surface area contributed by atoms with Gasteiger partial charge in [0, 0.05) is 7.05 Å². The summed E-state index contributed by atoms with van der Waals surface area (Å²) in [5.41, 5.74) is 1.07. The minimum absolute atomic E-state index is 0.0339. The highest BCUT2D eigenvalue weighted by Gasteiger charge is 2.34. The van der Waals surface area contributed by atoms with Crippen LogP contribution >= 0.6 is 0 Å². The fraction of sp³-hybridized carbons (Fsp3) is 0.417. The van der Waals surface area contributed by atoms with Gasteiger partial charge in [0.25, 0.3) is 0 Å². The van der Waals surface area contributed by atoms with Gasteiger partial charge >= 0.3 is 0 Å². The van der Waals surface area contributed by atoms with Gasteiger partial charge in [-0.25, -0.2) is 0 Å². The highest BCUT2D eigenvalue weighted by atomic mass is 16.5. The van der Waals surface area contributed by atoms with Crippen LogP contribution in [0.5, 0.6) is 5.75 Å². The first-order chi connectivity index (χ1) is 7.63. The van der Waals surface area contributed by atoms with Crippen molar-refractivity contribution in [1.82, 2.24) is 10.2 Å². The first-order valence-corrected chi connectivity index (χ1v) is 5.30.